The summed E-state index contributed by atoms with van der Waals surface area (Å²) in [7, 11) is 1.45. The van der Waals surface area contributed by atoms with Crippen LogP contribution < -0.4 is 0 Å². The molecule has 1 aromatic carbocycles. The fourth-order valence-electron chi connectivity index (χ4n) is 0.971. The van der Waals surface area contributed by atoms with Crippen molar-refractivity contribution in [1.82, 2.24) is 0 Å². The van der Waals surface area contributed by atoms with Crippen molar-refractivity contribution < 1.29 is 8.42 Å². The number of rotatable bonds is 1. The number of hydrogen-bond acceptors (Lipinski definition) is 3. The predicted octanol–water partition coefficient (Wildman–Crippen LogP) is 2.40. The van der Waals surface area contributed by atoms with E-state index in [1.807, 2.05) is 28.7 Å². The number of benzene rings is 1. The van der Waals surface area contributed by atoms with Crippen LogP contribution in [-0.4, -0.2) is 8.42 Å². The molecule has 0 aliphatic rings. The van der Waals surface area contributed by atoms with Gasteiger partial charge in [0.25, 0.3) is 9.05 Å². The van der Waals surface area contributed by atoms with Crippen LogP contribution in [0.4, 0.5) is 0 Å². The van der Waals surface area contributed by atoms with Crippen LogP contribution in [0.1, 0.15) is 11.1 Å². The molecule has 0 unspecified atom stereocenters. The number of halogens is 2. The molecule has 0 saturated carbocycles. The minimum Gasteiger partial charge on any atom is -0.207 e. The summed E-state index contributed by atoms with van der Waals surface area (Å²) in [6.45, 7) is 1.65. The summed E-state index contributed by atoms with van der Waals surface area (Å²) in [5.74, 6) is 0. The third-order valence-electron chi connectivity index (χ3n) is 1.69. The molecule has 1 aromatic rings. The summed E-state index contributed by atoms with van der Waals surface area (Å²) in [5.41, 5.74) is 0.860. The zero-order chi connectivity index (χ0) is 10.9. The molecule has 0 bridgehead atoms. The molecule has 0 heterocycles. The van der Waals surface area contributed by atoms with Gasteiger partial charge < -0.3 is 0 Å². The molecule has 6 heteroatoms. The monoisotopic (exact) mass is 341 g/mol. The van der Waals surface area contributed by atoms with E-state index in [0.29, 0.717) is 14.7 Å². The molecule has 0 amide bonds. The van der Waals surface area contributed by atoms with Crippen LogP contribution in [0.25, 0.3) is 0 Å². The molecule has 0 saturated heterocycles. The molecule has 1 rings (SSSR count). The van der Waals surface area contributed by atoms with Crippen LogP contribution >= 0.6 is 33.3 Å². The standard InChI is InChI=1S/C8H5ClINO2S/c1-5-7(10)2-6(4-11)3-8(5)14(9,12)13/h2-3H,1H3. The lowest BCUT2D eigenvalue weighted by molar-refractivity contribution is 0.609. The van der Waals surface area contributed by atoms with Crippen molar-refractivity contribution in [3.8, 4) is 6.07 Å². The van der Waals surface area contributed by atoms with Gasteiger partial charge in [0.05, 0.1) is 16.5 Å². The predicted molar refractivity (Wildman–Crippen MR) is 61.6 cm³/mol. The topological polar surface area (TPSA) is 57.9 Å². The molecular weight excluding hydrogens is 337 g/mol. The number of nitriles is 1. The first-order valence-corrected chi connectivity index (χ1v) is 6.90. The Hall–Kier alpha value is -0.320. The summed E-state index contributed by atoms with van der Waals surface area (Å²) in [4.78, 5) is 0.00242. The maximum absolute atomic E-state index is 11.1. The minimum atomic E-state index is -3.77. The van der Waals surface area contributed by atoms with Gasteiger partial charge in [-0.25, -0.2) is 8.42 Å². The number of hydrogen-bond donors (Lipinski definition) is 0. The quantitative estimate of drug-likeness (QED) is 0.582. The smallest absolute Gasteiger partial charge is 0.207 e. The van der Waals surface area contributed by atoms with E-state index in [2.05, 4.69) is 0 Å². The van der Waals surface area contributed by atoms with E-state index < -0.39 is 9.05 Å². The maximum Gasteiger partial charge on any atom is 0.261 e. The highest BCUT2D eigenvalue weighted by atomic mass is 127. The van der Waals surface area contributed by atoms with E-state index >= 15 is 0 Å². The first kappa shape index (κ1) is 11.8. The van der Waals surface area contributed by atoms with Gasteiger partial charge >= 0.3 is 0 Å². The molecule has 0 aliphatic carbocycles. The van der Waals surface area contributed by atoms with Crippen LogP contribution in [-0.2, 0) is 9.05 Å². The molecule has 0 aliphatic heterocycles. The highest BCUT2D eigenvalue weighted by Gasteiger charge is 2.16. The SMILES string of the molecule is Cc1c(I)cc(C#N)cc1S(=O)(=O)Cl. The molecule has 0 fully saturated rings. The Kier molecular flexibility index (Phi) is 3.40. The Morgan fingerprint density at radius 2 is 2.07 bits per heavy atom. The summed E-state index contributed by atoms with van der Waals surface area (Å²) in [6.07, 6.45) is 0. The zero-order valence-corrected chi connectivity index (χ0v) is 10.8. The van der Waals surface area contributed by atoms with E-state index in [-0.39, 0.29) is 4.90 Å². The third kappa shape index (κ3) is 2.38. The van der Waals surface area contributed by atoms with Crippen molar-refractivity contribution in [2.45, 2.75) is 11.8 Å². The lowest BCUT2D eigenvalue weighted by Crippen LogP contribution is -1.98. The highest BCUT2D eigenvalue weighted by Crippen LogP contribution is 2.25. The fraction of sp³-hybridized carbons (Fsp3) is 0.125. The van der Waals surface area contributed by atoms with E-state index in [4.69, 9.17) is 15.9 Å². The van der Waals surface area contributed by atoms with Gasteiger partial charge in [0.1, 0.15) is 0 Å². The van der Waals surface area contributed by atoms with E-state index in [1.54, 1.807) is 13.0 Å². The van der Waals surface area contributed by atoms with Crippen LogP contribution in [0.15, 0.2) is 17.0 Å². The Balaban J connectivity index is 3.61. The maximum atomic E-state index is 11.1. The lowest BCUT2D eigenvalue weighted by Gasteiger charge is -2.04. The Morgan fingerprint density at radius 1 is 1.50 bits per heavy atom. The summed E-state index contributed by atoms with van der Waals surface area (Å²) in [6, 6.07) is 4.77. The van der Waals surface area contributed by atoms with Gasteiger partial charge in [-0.2, -0.15) is 5.26 Å². The van der Waals surface area contributed by atoms with Crippen molar-refractivity contribution in [3.05, 3.63) is 26.8 Å². The van der Waals surface area contributed by atoms with Gasteiger partial charge in [-0.1, -0.05) is 0 Å². The lowest BCUT2D eigenvalue weighted by atomic mass is 10.2. The Bertz CT molecular complexity index is 519. The molecule has 0 spiro atoms. The highest BCUT2D eigenvalue weighted by molar-refractivity contribution is 14.1. The van der Waals surface area contributed by atoms with Gasteiger partial charge in [-0.05, 0) is 47.2 Å². The van der Waals surface area contributed by atoms with Crippen molar-refractivity contribution >= 4 is 42.3 Å². The zero-order valence-electron chi connectivity index (χ0n) is 7.08. The second-order valence-electron chi connectivity index (χ2n) is 2.63. The van der Waals surface area contributed by atoms with Crippen LogP contribution in [0.3, 0.4) is 0 Å². The average molecular weight is 342 g/mol. The first-order chi connectivity index (χ1) is 6.36. The molecular formula is C8H5ClINO2S. The van der Waals surface area contributed by atoms with E-state index in [9.17, 15) is 8.42 Å². The molecule has 3 nitrogen and oxygen atoms in total. The van der Waals surface area contributed by atoms with Crippen molar-refractivity contribution in [2.75, 3.05) is 0 Å². The molecule has 0 aromatic heterocycles. The van der Waals surface area contributed by atoms with Gasteiger partial charge in [-0.15, -0.1) is 0 Å². The van der Waals surface area contributed by atoms with E-state index in [1.165, 1.54) is 6.07 Å². The Labute approximate surface area is 100 Å². The van der Waals surface area contributed by atoms with Crippen molar-refractivity contribution in [2.24, 2.45) is 0 Å². The summed E-state index contributed by atoms with van der Waals surface area (Å²) < 4.78 is 23.0. The largest absolute Gasteiger partial charge is 0.261 e. The second kappa shape index (κ2) is 4.04. The first-order valence-electron chi connectivity index (χ1n) is 3.51. The van der Waals surface area contributed by atoms with Crippen LogP contribution in [0.5, 0.6) is 0 Å². The molecule has 0 radical (unpaired) electrons. The van der Waals surface area contributed by atoms with Gasteiger partial charge in [0, 0.05) is 14.3 Å². The van der Waals surface area contributed by atoms with Gasteiger partial charge in [0.15, 0.2) is 0 Å². The summed E-state index contributed by atoms with van der Waals surface area (Å²) in [5, 5.41) is 8.65. The molecule has 0 atom stereocenters. The molecule has 0 N–H and O–H groups in total. The van der Waals surface area contributed by atoms with Crippen LogP contribution in [0, 0.1) is 21.8 Å². The van der Waals surface area contributed by atoms with E-state index in [0.717, 1.165) is 0 Å². The number of nitrogens with zero attached hydrogens (tertiary/aromatic N) is 1. The van der Waals surface area contributed by atoms with Crippen molar-refractivity contribution in [1.29, 1.82) is 5.26 Å². The molecule has 14 heavy (non-hydrogen) atoms. The van der Waals surface area contributed by atoms with Crippen molar-refractivity contribution in [3.63, 3.8) is 0 Å². The average Bonchev–Trinajstić information content (AvgIpc) is 2.07. The summed E-state index contributed by atoms with van der Waals surface area (Å²) >= 11 is 1.96. The second-order valence-corrected chi connectivity index (χ2v) is 6.33. The van der Waals surface area contributed by atoms with Gasteiger partial charge in [-0.3, -0.25) is 0 Å². The third-order valence-corrected chi connectivity index (χ3v) is 4.26. The van der Waals surface area contributed by atoms with Crippen LogP contribution in [0.2, 0.25) is 0 Å². The minimum absolute atomic E-state index is 0.00242. The van der Waals surface area contributed by atoms with Gasteiger partial charge in [0.2, 0.25) is 0 Å². The normalized spacial score (nSPS) is 11.0. The molecule has 74 valence electrons. The fourth-order valence-corrected chi connectivity index (χ4v) is 3.00. The Morgan fingerprint density at radius 3 is 2.50 bits per heavy atom.